The summed E-state index contributed by atoms with van der Waals surface area (Å²) in [6.07, 6.45) is 6.43. The minimum Gasteiger partial charge on any atom is -0.497 e. The Kier molecular flexibility index (Phi) is 10.4. The third-order valence-electron chi connectivity index (χ3n) is 6.87. The molecular weight excluding hydrogens is 490 g/mol. The fourth-order valence-corrected chi connectivity index (χ4v) is 5.68. The highest BCUT2D eigenvalue weighted by Gasteiger charge is 2.28. The van der Waals surface area contributed by atoms with E-state index in [9.17, 15) is 18.0 Å². The van der Waals surface area contributed by atoms with Gasteiger partial charge in [0.15, 0.2) is 0 Å². The Morgan fingerprint density at radius 1 is 1.03 bits per heavy atom. The van der Waals surface area contributed by atoms with E-state index in [0.29, 0.717) is 30.8 Å². The average molecular weight is 530 g/mol. The summed E-state index contributed by atoms with van der Waals surface area (Å²) in [6.45, 7) is 2.34. The van der Waals surface area contributed by atoms with Gasteiger partial charge in [-0.3, -0.25) is 13.9 Å². The first-order chi connectivity index (χ1) is 17.7. The molecule has 0 spiro atoms. The first-order valence-electron chi connectivity index (χ1n) is 12.9. The Hall–Kier alpha value is -3.07. The number of methoxy groups -OCH3 is 1. The van der Waals surface area contributed by atoms with Crippen LogP contribution in [0.4, 0.5) is 5.69 Å². The van der Waals surface area contributed by atoms with E-state index in [1.165, 1.54) is 4.31 Å². The van der Waals surface area contributed by atoms with Crippen LogP contribution in [0.1, 0.15) is 51.0 Å². The van der Waals surface area contributed by atoms with Crippen molar-refractivity contribution in [2.24, 2.45) is 0 Å². The zero-order valence-corrected chi connectivity index (χ0v) is 22.9. The van der Waals surface area contributed by atoms with E-state index in [0.717, 1.165) is 37.5 Å². The van der Waals surface area contributed by atoms with Gasteiger partial charge in [-0.1, -0.05) is 43.2 Å². The Labute approximate surface area is 221 Å². The Morgan fingerprint density at radius 3 is 2.27 bits per heavy atom. The van der Waals surface area contributed by atoms with Crippen LogP contribution in [0.3, 0.4) is 0 Å². The van der Waals surface area contributed by atoms with Crippen molar-refractivity contribution in [3.63, 3.8) is 0 Å². The predicted octanol–water partition coefficient (Wildman–Crippen LogP) is 3.76. The fourth-order valence-electron chi connectivity index (χ4n) is 4.71. The van der Waals surface area contributed by atoms with Crippen LogP contribution in [0, 0.1) is 0 Å². The van der Waals surface area contributed by atoms with Gasteiger partial charge >= 0.3 is 0 Å². The van der Waals surface area contributed by atoms with E-state index >= 15 is 0 Å². The normalized spacial score (nSPS) is 14.7. The molecule has 1 unspecified atom stereocenters. The summed E-state index contributed by atoms with van der Waals surface area (Å²) in [5.41, 5.74) is 1.60. The number of carbonyl (C=O) groups excluding carboxylic acids is 2. The molecule has 202 valence electrons. The molecule has 1 aliphatic rings. The molecule has 1 aliphatic carbocycles. The summed E-state index contributed by atoms with van der Waals surface area (Å²) in [5, 5.41) is 3.11. The Balaban J connectivity index is 1.66. The van der Waals surface area contributed by atoms with Gasteiger partial charge in [0.2, 0.25) is 21.8 Å². The van der Waals surface area contributed by atoms with Crippen LogP contribution in [0.25, 0.3) is 0 Å². The van der Waals surface area contributed by atoms with Crippen molar-refractivity contribution in [2.75, 3.05) is 30.8 Å². The second-order valence-corrected chi connectivity index (χ2v) is 11.5. The molecular formula is C28H39N3O5S. The number of rotatable bonds is 13. The molecule has 0 radical (unpaired) electrons. The largest absolute Gasteiger partial charge is 0.497 e. The lowest BCUT2D eigenvalue weighted by molar-refractivity contribution is -0.140. The summed E-state index contributed by atoms with van der Waals surface area (Å²) in [4.78, 5) is 28.0. The van der Waals surface area contributed by atoms with Crippen LogP contribution in [-0.2, 0) is 26.0 Å². The zero-order valence-electron chi connectivity index (χ0n) is 22.1. The molecule has 2 aromatic rings. The number of sulfonamides is 1. The topological polar surface area (TPSA) is 96.0 Å². The van der Waals surface area contributed by atoms with Gasteiger partial charge in [-0.05, 0) is 62.4 Å². The molecule has 8 nitrogen and oxygen atoms in total. The van der Waals surface area contributed by atoms with Crippen molar-refractivity contribution < 1.29 is 22.7 Å². The molecule has 2 amide bonds. The van der Waals surface area contributed by atoms with Crippen LogP contribution < -0.4 is 14.4 Å². The van der Waals surface area contributed by atoms with Gasteiger partial charge in [0.1, 0.15) is 11.8 Å². The maximum absolute atomic E-state index is 13.4. The average Bonchev–Trinajstić information content (AvgIpc) is 3.39. The second-order valence-electron chi connectivity index (χ2n) is 9.63. The molecule has 0 aromatic heterocycles. The van der Waals surface area contributed by atoms with Crippen LogP contribution in [0.15, 0.2) is 54.6 Å². The fraction of sp³-hybridized carbons (Fsp3) is 0.500. The monoisotopic (exact) mass is 529 g/mol. The quantitative estimate of drug-likeness (QED) is 0.426. The number of nitrogens with one attached hydrogen (secondary N) is 1. The van der Waals surface area contributed by atoms with Crippen molar-refractivity contribution in [3.05, 3.63) is 60.2 Å². The van der Waals surface area contributed by atoms with Crippen molar-refractivity contribution in [3.8, 4) is 5.75 Å². The van der Waals surface area contributed by atoms with E-state index in [1.54, 1.807) is 43.2 Å². The predicted molar refractivity (Wildman–Crippen MR) is 146 cm³/mol. The molecule has 2 aromatic carbocycles. The molecule has 0 bridgehead atoms. The highest BCUT2D eigenvalue weighted by molar-refractivity contribution is 7.92. The molecule has 1 fully saturated rings. The molecule has 9 heteroatoms. The molecule has 0 aliphatic heterocycles. The molecule has 1 atom stereocenters. The van der Waals surface area contributed by atoms with Gasteiger partial charge in [0, 0.05) is 25.6 Å². The molecule has 37 heavy (non-hydrogen) atoms. The lowest BCUT2D eigenvalue weighted by atomic mass is 10.1. The van der Waals surface area contributed by atoms with Crippen LogP contribution in [0.2, 0.25) is 0 Å². The molecule has 0 heterocycles. The number of hydrogen-bond acceptors (Lipinski definition) is 5. The van der Waals surface area contributed by atoms with Crippen LogP contribution in [0.5, 0.6) is 5.75 Å². The van der Waals surface area contributed by atoms with Crippen LogP contribution >= 0.6 is 0 Å². The Morgan fingerprint density at radius 2 is 1.68 bits per heavy atom. The smallest absolute Gasteiger partial charge is 0.242 e. The summed E-state index contributed by atoms with van der Waals surface area (Å²) < 4.78 is 31.4. The summed E-state index contributed by atoms with van der Waals surface area (Å²) in [5.74, 6) is 0.337. The van der Waals surface area contributed by atoms with Gasteiger partial charge in [0.05, 0.1) is 19.1 Å². The molecule has 0 saturated heterocycles. The summed E-state index contributed by atoms with van der Waals surface area (Å²) in [6, 6.07) is 16.2. The summed E-state index contributed by atoms with van der Waals surface area (Å²) in [7, 11) is -1.99. The van der Waals surface area contributed by atoms with Crippen LogP contribution in [-0.4, -0.2) is 63.7 Å². The number of carbonyl (C=O) groups is 2. The third kappa shape index (κ3) is 8.49. The summed E-state index contributed by atoms with van der Waals surface area (Å²) >= 11 is 0. The Bertz CT molecular complexity index is 1120. The second kappa shape index (κ2) is 13.5. The van der Waals surface area contributed by atoms with Gasteiger partial charge in [-0.15, -0.1) is 0 Å². The highest BCUT2D eigenvalue weighted by Crippen LogP contribution is 2.22. The van der Waals surface area contributed by atoms with E-state index in [-0.39, 0.29) is 30.8 Å². The van der Waals surface area contributed by atoms with Crippen molar-refractivity contribution >= 4 is 27.5 Å². The molecule has 3 rings (SSSR count). The standard InChI is InChI=1S/C28H39N3O5S/c1-22(28(33)29-24-12-7-8-13-24)30(21-19-23-10-5-4-6-11-23)27(32)14-9-20-31(37(3,34)35)25-15-17-26(36-2)18-16-25/h4-6,10-11,15-18,22,24H,7-9,12-14,19-21H2,1-3H3,(H,29,33). The van der Waals surface area contributed by atoms with Crippen molar-refractivity contribution in [2.45, 2.75) is 64.0 Å². The van der Waals surface area contributed by atoms with Crippen molar-refractivity contribution in [1.82, 2.24) is 10.2 Å². The van der Waals surface area contributed by atoms with E-state index in [4.69, 9.17) is 4.74 Å². The minimum absolute atomic E-state index is 0.135. The number of ether oxygens (including phenoxy) is 1. The van der Waals surface area contributed by atoms with Crippen molar-refractivity contribution in [1.29, 1.82) is 0 Å². The third-order valence-corrected chi connectivity index (χ3v) is 8.06. The molecule has 1 saturated carbocycles. The zero-order chi connectivity index (χ0) is 26.8. The minimum atomic E-state index is -3.54. The number of anilines is 1. The van der Waals surface area contributed by atoms with Gasteiger partial charge in [0.25, 0.3) is 0 Å². The molecule has 1 N–H and O–H groups in total. The number of nitrogens with zero attached hydrogens (tertiary/aromatic N) is 2. The first-order valence-corrected chi connectivity index (χ1v) is 14.8. The van der Waals surface area contributed by atoms with Gasteiger partial charge in [-0.25, -0.2) is 8.42 Å². The van der Waals surface area contributed by atoms with E-state index in [1.807, 2.05) is 30.3 Å². The lowest BCUT2D eigenvalue weighted by Crippen LogP contribution is -2.50. The first kappa shape index (κ1) is 28.5. The van der Waals surface area contributed by atoms with Gasteiger partial charge < -0.3 is 15.0 Å². The highest BCUT2D eigenvalue weighted by atomic mass is 32.2. The number of hydrogen-bond donors (Lipinski definition) is 1. The lowest BCUT2D eigenvalue weighted by Gasteiger charge is -2.30. The SMILES string of the molecule is COc1ccc(N(CCCC(=O)N(CCc2ccccc2)C(C)C(=O)NC2CCCC2)S(C)(=O)=O)cc1. The number of amides is 2. The maximum Gasteiger partial charge on any atom is 0.242 e. The van der Waals surface area contributed by atoms with E-state index in [2.05, 4.69) is 5.32 Å². The number of benzene rings is 2. The van der Waals surface area contributed by atoms with E-state index < -0.39 is 16.1 Å². The maximum atomic E-state index is 13.4. The van der Waals surface area contributed by atoms with Gasteiger partial charge in [-0.2, -0.15) is 0 Å².